The quantitative estimate of drug-likeness (QED) is 0.862. The molecule has 1 saturated carbocycles. The van der Waals surface area contributed by atoms with Crippen LogP contribution in [0.25, 0.3) is 0 Å². The molecule has 0 spiro atoms. The predicted octanol–water partition coefficient (Wildman–Crippen LogP) is 1.38. The molecule has 19 heavy (non-hydrogen) atoms. The van der Waals surface area contributed by atoms with Crippen molar-refractivity contribution in [1.29, 1.82) is 0 Å². The van der Waals surface area contributed by atoms with Crippen LogP contribution >= 0.6 is 0 Å². The number of carboxylic acids is 1. The number of carbonyl (C=O) groups is 1. The van der Waals surface area contributed by atoms with Crippen molar-refractivity contribution in [2.45, 2.75) is 24.3 Å². The second-order valence-corrected chi connectivity index (χ2v) is 5.04. The number of likely N-dealkylation sites (N-methyl/N-ethyl adjacent to an activating group) is 1. The summed E-state index contributed by atoms with van der Waals surface area (Å²) < 4.78 is 11.2. The molecular formula is C14H17NO4. The molecule has 5 heteroatoms. The Hall–Kier alpha value is -1.75. The van der Waals surface area contributed by atoms with Crippen LogP contribution in [-0.4, -0.2) is 36.9 Å². The molecule has 5 nitrogen and oxygen atoms in total. The number of rotatable bonds is 3. The van der Waals surface area contributed by atoms with Crippen LogP contribution in [0, 0.1) is 0 Å². The minimum Gasteiger partial charge on any atom is -0.490 e. The molecule has 1 heterocycles. The molecular weight excluding hydrogens is 246 g/mol. The third-order valence-electron chi connectivity index (χ3n) is 3.96. The SMILES string of the molecule is CNC1(C(=O)O)CC1c1ccc2c(c1)OCCCO2. The highest BCUT2D eigenvalue weighted by atomic mass is 16.5. The zero-order valence-electron chi connectivity index (χ0n) is 10.8. The van der Waals surface area contributed by atoms with Crippen molar-refractivity contribution in [3.8, 4) is 11.5 Å². The molecule has 0 amide bonds. The smallest absolute Gasteiger partial charge is 0.324 e. The van der Waals surface area contributed by atoms with Gasteiger partial charge in [-0.15, -0.1) is 0 Å². The van der Waals surface area contributed by atoms with Gasteiger partial charge in [0.1, 0.15) is 5.54 Å². The van der Waals surface area contributed by atoms with Gasteiger partial charge in [0.2, 0.25) is 0 Å². The van der Waals surface area contributed by atoms with Crippen molar-refractivity contribution in [2.75, 3.05) is 20.3 Å². The van der Waals surface area contributed by atoms with E-state index in [1.54, 1.807) is 7.05 Å². The lowest BCUT2D eigenvalue weighted by molar-refractivity contribution is -0.140. The van der Waals surface area contributed by atoms with Gasteiger partial charge in [-0.3, -0.25) is 4.79 Å². The second-order valence-electron chi connectivity index (χ2n) is 5.04. The van der Waals surface area contributed by atoms with Crippen molar-refractivity contribution in [3.63, 3.8) is 0 Å². The first-order valence-corrected chi connectivity index (χ1v) is 6.49. The van der Waals surface area contributed by atoms with Crippen molar-refractivity contribution in [1.82, 2.24) is 5.32 Å². The van der Waals surface area contributed by atoms with E-state index in [2.05, 4.69) is 5.32 Å². The summed E-state index contributed by atoms with van der Waals surface area (Å²) in [7, 11) is 1.69. The summed E-state index contributed by atoms with van der Waals surface area (Å²) in [6, 6.07) is 5.71. The number of fused-ring (bicyclic) bond motifs is 1. The van der Waals surface area contributed by atoms with Crippen LogP contribution in [0.15, 0.2) is 18.2 Å². The molecule has 1 fully saturated rings. The Balaban J connectivity index is 1.88. The third-order valence-corrected chi connectivity index (χ3v) is 3.96. The number of nitrogens with one attached hydrogen (secondary N) is 1. The van der Waals surface area contributed by atoms with Gasteiger partial charge >= 0.3 is 5.97 Å². The number of hydrogen-bond donors (Lipinski definition) is 2. The first-order valence-electron chi connectivity index (χ1n) is 6.49. The third kappa shape index (κ3) is 1.94. The standard InChI is InChI=1S/C14H17NO4/c1-15-14(13(16)17)8-10(14)9-3-4-11-12(7-9)19-6-2-5-18-11/h3-4,7,10,15H,2,5-6,8H2,1H3,(H,16,17). The lowest BCUT2D eigenvalue weighted by Crippen LogP contribution is -2.38. The minimum atomic E-state index is -0.820. The summed E-state index contributed by atoms with van der Waals surface area (Å²) >= 11 is 0. The average Bonchev–Trinajstić information content (AvgIpc) is 3.18. The highest BCUT2D eigenvalue weighted by Crippen LogP contribution is 2.52. The topological polar surface area (TPSA) is 67.8 Å². The van der Waals surface area contributed by atoms with E-state index in [-0.39, 0.29) is 5.92 Å². The second kappa shape index (κ2) is 4.42. The highest BCUT2D eigenvalue weighted by molar-refractivity contribution is 5.85. The summed E-state index contributed by atoms with van der Waals surface area (Å²) in [5.41, 5.74) is 0.167. The van der Waals surface area contributed by atoms with Crippen LogP contribution < -0.4 is 14.8 Å². The zero-order chi connectivity index (χ0) is 13.5. The van der Waals surface area contributed by atoms with Crippen LogP contribution in [0.2, 0.25) is 0 Å². The molecule has 1 aliphatic heterocycles. The van der Waals surface area contributed by atoms with Gasteiger partial charge in [0, 0.05) is 12.3 Å². The predicted molar refractivity (Wildman–Crippen MR) is 68.8 cm³/mol. The Morgan fingerprint density at radius 3 is 2.74 bits per heavy atom. The Bertz CT molecular complexity index is 516. The first kappa shape index (κ1) is 12.3. The van der Waals surface area contributed by atoms with E-state index < -0.39 is 11.5 Å². The number of aliphatic carboxylic acids is 1. The van der Waals surface area contributed by atoms with Crippen LogP contribution in [0.3, 0.4) is 0 Å². The molecule has 0 saturated heterocycles. The summed E-state index contributed by atoms with van der Waals surface area (Å²) in [5, 5.41) is 12.2. The Labute approximate surface area is 111 Å². The van der Waals surface area contributed by atoms with Crippen molar-refractivity contribution in [3.05, 3.63) is 23.8 Å². The fraction of sp³-hybridized carbons (Fsp3) is 0.500. The van der Waals surface area contributed by atoms with Gasteiger partial charge in [0.25, 0.3) is 0 Å². The maximum absolute atomic E-state index is 11.3. The number of benzene rings is 1. The fourth-order valence-electron chi connectivity index (χ4n) is 2.68. The number of ether oxygens (including phenoxy) is 2. The van der Waals surface area contributed by atoms with Crippen molar-refractivity contribution in [2.24, 2.45) is 0 Å². The molecule has 0 bridgehead atoms. The fourth-order valence-corrected chi connectivity index (χ4v) is 2.68. The Kier molecular flexibility index (Phi) is 2.86. The molecule has 2 aliphatic rings. The van der Waals surface area contributed by atoms with E-state index in [0.29, 0.717) is 19.6 Å². The normalized spacial score (nSPS) is 28.6. The van der Waals surface area contributed by atoms with Crippen LogP contribution in [0.5, 0.6) is 11.5 Å². The summed E-state index contributed by atoms with van der Waals surface area (Å²) in [6.45, 7) is 1.29. The molecule has 0 radical (unpaired) electrons. The Morgan fingerprint density at radius 2 is 2.11 bits per heavy atom. The van der Waals surface area contributed by atoms with Gasteiger partial charge in [-0.2, -0.15) is 0 Å². The van der Waals surface area contributed by atoms with Gasteiger partial charge in [0.15, 0.2) is 11.5 Å². The lowest BCUT2D eigenvalue weighted by atomic mass is 10.1. The van der Waals surface area contributed by atoms with E-state index in [9.17, 15) is 9.90 Å². The van der Waals surface area contributed by atoms with Gasteiger partial charge in [-0.1, -0.05) is 6.07 Å². The molecule has 0 aromatic heterocycles. The number of hydrogen-bond acceptors (Lipinski definition) is 4. The maximum Gasteiger partial charge on any atom is 0.324 e. The molecule has 2 unspecified atom stereocenters. The molecule has 1 aromatic carbocycles. The lowest BCUT2D eigenvalue weighted by Gasteiger charge is -2.13. The van der Waals surface area contributed by atoms with E-state index >= 15 is 0 Å². The zero-order valence-corrected chi connectivity index (χ0v) is 10.8. The van der Waals surface area contributed by atoms with E-state index in [0.717, 1.165) is 23.5 Å². The summed E-state index contributed by atoms with van der Waals surface area (Å²) in [4.78, 5) is 11.3. The van der Waals surface area contributed by atoms with Gasteiger partial charge < -0.3 is 19.9 Å². The summed E-state index contributed by atoms with van der Waals surface area (Å²) in [5.74, 6) is 0.656. The Morgan fingerprint density at radius 1 is 1.37 bits per heavy atom. The molecule has 2 atom stereocenters. The first-order chi connectivity index (χ1) is 9.17. The monoisotopic (exact) mass is 263 g/mol. The summed E-state index contributed by atoms with van der Waals surface area (Å²) in [6.07, 6.45) is 1.47. The van der Waals surface area contributed by atoms with Gasteiger partial charge in [0.05, 0.1) is 13.2 Å². The average molecular weight is 263 g/mol. The largest absolute Gasteiger partial charge is 0.490 e. The number of carboxylic acid groups (broad SMARTS) is 1. The van der Waals surface area contributed by atoms with Crippen LogP contribution in [0.1, 0.15) is 24.3 Å². The van der Waals surface area contributed by atoms with Gasteiger partial charge in [-0.05, 0) is 31.2 Å². The maximum atomic E-state index is 11.3. The molecule has 2 N–H and O–H groups in total. The molecule has 3 rings (SSSR count). The molecule has 1 aromatic rings. The van der Waals surface area contributed by atoms with Crippen LogP contribution in [-0.2, 0) is 4.79 Å². The molecule has 102 valence electrons. The highest BCUT2D eigenvalue weighted by Gasteiger charge is 2.60. The van der Waals surface area contributed by atoms with E-state index in [1.807, 2.05) is 18.2 Å². The van der Waals surface area contributed by atoms with Crippen molar-refractivity contribution >= 4 is 5.97 Å². The van der Waals surface area contributed by atoms with Gasteiger partial charge in [-0.25, -0.2) is 0 Å². The van der Waals surface area contributed by atoms with Crippen molar-refractivity contribution < 1.29 is 19.4 Å². The van der Waals surface area contributed by atoms with E-state index in [1.165, 1.54) is 0 Å². The van der Waals surface area contributed by atoms with Crippen LogP contribution in [0.4, 0.5) is 0 Å². The minimum absolute atomic E-state index is 0.00727. The molecule has 1 aliphatic carbocycles. The van der Waals surface area contributed by atoms with E-state index in [4.69, 9.17) is 9.47 Å².